The number of aryl methyl sites for hydroxylation is 2. The number of nitrogens with one attached hydrogen (secondary N) is 1. The van der Waals surface area contributed by atoms with Crippen LogP contribution in [0.1, 0.15) is 39.9 Å². The summed E-state index contributed by atoms with van der Waals surface area (Å²) in [6.45, 7) is 2.77. The largest absolute Gasteiger partial charge is 0.351 e. The van der Waals surface area contributed by atoms with Gasteiger partial charge in [-0.25, -0.2) is 0 Å². The third-order valence-electron chi connectivity index (χ3n) is 4.73. The van der Waals surface area contributed by atoms with Crippen LogP contribution in [0.2, 0.25) is 0 Å². The number of rotatable bonds is 7. The highest BCUT2D eigenvalue weighted by atomic mass is 16.1. The van der Waals surface area contributed by atoms with Gasteiger partial charge >= 0.3 is 0 Å². The summed E-state index contributed by atoms with van der Waals surface area (Å²) in [6, 6.07) is 28.6. The van der Waals surface area contributed by atoms with E-state index in [0.29, 0.717) is 6.54 Å². The fourth-order valence-corrected chi connectivity index (χ4v) is 3.12. The van der Waals surface area contributed by atoms with Crippen molar-refractivity contribution in [2.75, 3.05) is 6.54 Å². The molecule has 0 aliphatic heterocycles. The van der Waals surface area contributed by atoms with E-state index >= 15 is 0 Å². The number of amides is 1. The van der Waals surface area contributed by atoms with Gasteiger partial charge < -0.3 is 5.32 Å². The Bertz CT molecular complexity index is 827. The Morgan fingerprint density at radius 1 is 0.808 bits per heavy atom. The number of carbonyl (C=O) groups is 1. The molecule has 0 heterocycles. The summed E-state index contributed by atoms with van der Waals surface area (Å²) in [4.78, 5) is 12.7. The molecule has 1 N–H and O–H groups in total. The molecule has 3 aromatic carbocycles. The first-order valence-electron chi connectivity index (χ1n) is 9.19. The van der Waals surface area contributed by atoms with Crippen LogP contribution in [-0.2, 0) is 12.8 Å². The first-order valence-corrected chi connectivity index (χ1v) is 9.19. The smallest absolute Gasteiger partial charge is 0.251 e. The van der Waals surface area contributed by atoms with Crippen molar-refractivity contribution >= 4 is 5.91 Å². The minimum atomic E-state index is 0.0106. The number of carbonyl (C=O) groups excluding carboxylic acids is 1. The van der Waals surface area contributed by atoms with E-state index in [1.54, 1.807) is 0 Å². The minimum absolute atomic E-state index is 0.0106. The molecule has 0 aromatic heterocycles. The van der Waals surface area contributed by atoms with Crippen LogP contribution in [0.5, 0.6) is 0 Å². The molecule has 1 atom stereocenters. The van der Waals surface area contributed by atoms with Crippen LogP contribution < -0.4 is 5.32 Å². The second kappa shape index (κ2) is 9.00. The maximum Gasteiger partial charge on any atom is 0.251 e. The Hall–Kier alpha value is -2.87. The minimum Gasteiger partial charge on any atom is -0.351 e. The summed E-state index contributed by atoms with van der Waals surface area (Å²) >= 11 is 0. The van der Waals surface area contributed by atoms with Crippen molar-refractivity contribution in [2.24, 2.45) is 0 Å². The summed E-state index contributed by atoms with van der Waals surface area (Å²) < 4.78 is 0. The van der Waals surface area contributed by atoms with Crippen LogP contribution in [0, 0.1) is 0 Å². The normalized spacial score (nSPS) is 11.7. The molecular formula is C24H25NO. The second-order valence-corrected chi connectivity index (χ2v) is 6.66. The highest BCUT2D eigenvalue weighted by Gasteiger charge is 2.12. The average molecular weight is 343 g/mol. The Labute approximate surface area is 155 Å². The predicted octanol–water partition coefficient (Wildman–Crippen LogP) is 5.01. The van der Waals surface area contributed by atoms with Crippen molar-refractivity contribution in [1.82, 2.24) is 5.32 Å². The second-order valence-electron chi connectivity index (χ2n) is 6.66. The molecule has 2 nitrogen and oxygen atoms in total. The molecular weight excluding hydrogens is 318 g/mol. The summed E-state index contributed by atoms with van der Waals surface area (Å²) in [5.41, 5.74) is 4.41. The van der Waals surface area contributed by atoms with E-state index in [1.165, 1.54) is 11.1 Å². The maximum atomic E-state index is 12.7. The summed E-state index contributed by atoms with van der Waals surface area (Å²) in [6.07, 6.45) is 1.80. The van der Waals surface area contributed by atoms with E-state index < -0.39 is 0 Å². The molecule has 26 heavy (non-hydrogen) atoms. The highest BCUT2D eigenvalue weighted by Crippen LogP contribution is 2.15. The summed E-state index contributed by atoms with van der Waals surface area (Å²) in [5, 5.41) is 3.10. The fourth-order valence-electron chi connectivity index (χ4n) is 3.12. The summed E-state index contributed by atoms with van der Waals surface area (Å²) in [5.74, 6) is 0.299. The zero-order valence-electron chi connectivity index (χ0n) is 15.2. The van der Waals surface area contributed by atoms with Crippen molar-refractivity contribution in [2.45, 2.75) is 25.7 Å². The first kappa shape index (κ1) is 17.9. The van der Waals surface area contributed by atoms with E-state index in [1.807, 2.05) is 42.5 Å². The molecule has 2 heteroatoms. The lowest BCUT2D eigenvalue weighted by molar-refractivity contribution is 0.0950. The van der Waals surface area contributed by atoms with Crippen LogP contribution in [0.3, 0.4) is 0 Å². The highest BCUT2D eigenvalue weighted by molar-refractivity contribution is 5.95. The van der Waals surface area contributed by atoms with Crippen molar-refractivity contribution < 1.29 is 4.79 Å². The zero-order valence-corrected chi connectivity index (χ0v) is 15.2. The maximum absolute atomic E-state index is 12.7. The van der Waals surface area contributed by atoms with E-state index in [4.69, 9.17) is 0 Å². The fraction of sp³-hybridized carbons (Fsp3) is 0.208. The number of hydrogen-bond acceptors (Lipinski definition) is 1. The Morgan fingerprint density at radius 2 is 1.42 bits per heavy atom. The quantitative estimate of drug-likeness (QED) is 0.642. The molecule has 0 saturated carbocycles. The molecule has 0 spiro atoms. The summed E-state index contributed by atoms with van der Waals surface area (Å²) in [7, 11) is 0. The molecule has 1 amide bonds. The zero-order chi connectivity index (χ0) is 18.2. The van der Waals surface area contributed by atoms with Crippen LogP contribution in [0.25, 0.3) is 0 Å². The molecule has 132 valence electrons. The molecule has 0 fully saturated rings. The lowest BCUT2D eigenvalue weighted by Gasteiger charge is -2.15. The van der Waals surface area contributed by atoms with Crippen LogP contribution in [-0.4, -0.2) is 12.5 Å². The average Bonchev–Trinajstić information content (AvgIpc) is 2.72. The van der Waals surface area contributed by atoms with Gasteiger partial charge in [-0.3, -0.25) is 4.79 Å². The number of hydrogen-bond donors (Lipinski definition) is 1. The van der Waals surface area contributed by atoms with Gasteiger partial charge in [-0.1, -0.05) is 85.8 Å². The number of benzene rings is 3. The van der Waals surface area contributed by atoms with Gasteiger partial charge in [0, 0.05) is 12.1 Å². The van der Waals surface area contributed by atoms with Gasteiger partial charge in [0.25, 0.3) is 5.91 Å². The van der Waals surface area contributed by atoms with Crippen molar-refractivity contribution in [1.29, 1.82) is 0 Å². The van der Waals surface area contributed by atoms with E-state index in [-0.39, 0.29) is 11.8 Å². The van der Waals surface area contributed by atoms with Gasteiger partial charge in [-0.15, -0.1) is 0 Å². The Morgan fingerprint density at radius 3 is 2.15 bits per heavy atom. The molecule has 0 aliphatic carbocycles. The van der Waals surface area contributed by atoms with Gasteiger partial charge in [0.05, 0.1) is 0 Å². The van der Waals surface area contributed by atoms with Gasteiger partial charge in [0.15, 0.2) is 0 Å². The molecule has 0 saturated heterocycles. The Kier molecular flexibility index (Phi) is 6.21. The van der Waals surface area contributed by atoms with Gasteiger partial charge in [0.2, 0.25) is 0 Å². The van der Waals surface area contributed by atoms with Crippen molar-refractivity contribution in [3.8, 4) is 0 Å². The third kappa shape index (κ3) is 4.82. The molecule has 0 bridgehead atoms. The van der Waals surface area contributed by atoms with Crippen LogP contribution in [0.15, 0.2) is 84.9 Å². The lowest BCUT2D eigenvalue weighted by atomic mass is 9.98. The topological polar surface area (TPSA) is 29.1 Å². The monoisotopic (exact) mass is 343 g/mol. The lowest BCUT2D eigenvalue weighted by Crippen LogP contribution is -2.28. The third-order valence-corrected chi connectivity index (χ3v) is 4.73. The first-order chi connectivity index (χ1) is 12.7. The molecule has 0 unspecified atom stereocenters. The molecule has 0 aliphatic rings. The van der Waals surface area contributed by atoms with Gasteiger partial charge in [-0.2, -0.15) is 0 Å². The van der Waals surface area contributed by atoms with Crippen molar-refractivity contribution in [3.05, 3.63) is 107 Å². The van der Waals surface area contributed by atoms with Crippen LogP contribution >= 0.6 is 0 Å². The van der Waals surface area contributed by atoms with Crippen molar-refractivity contribution in [3.63, 3.8) is 0 Å². The molecule has 0 radical (unpaired) electrons. The van der Waals surface area contributed by atoms with Gasteiger partial charge in [-0.05, 0) is 41.5 Å². The predicted molar refractivity (Wildman–Crippen MR) is 107 cm³/mol. The van der Waals surface area contributed by atoms with E-state index in [9.17, 15) is 4.79 Å². The van der Waals surface area contributed by atoms with E-state index in [0.717, 1.165) is 24.0 Å². The van der Waals surface area contributed by atoms with E-state index in [2.05, 4.69) is 54.7 Å². The SMILES string of the molecule is C[C@@H](CNC(=O)c1ccccc1CCc1ccccc1)c1ccccc1. The van der Waals surface area contributed by atoms with Crippen LogP contribution in [0.4, 0.5) is 0 Å². The van der Waals surface area contributed by atoms with Gasteiger partial charge in [0.1, 0.15) is 0 Å². The molecule has 3 rings (SSSR count). The standard InChI is InChI=1S/C24H25NO/c1-19(21-12-6-3-7-13-21)18-25-24(26)23-15-9-8-14-22(23)17-16-20-10-4-2-5-11-20/h2-15,19H,16-18H2,1H3,(H,25,26)/t19-/m0/s1. The molecule has 3 aromatic rings. The Balaban J connectivity index is 1.62.